The average molecular weight is 738 g/mol. The van der Waals surface area contributed by atoms with Crippen LogP contribution in [0.2, 0.25) is 0 Å². The first-order valence-electron chi connectivity index (χ1n) is 15.1. The smallest absolute Gasteiger partial charge is 0.356 e. The number of aromatic nitrogens is 1. The molecule has 2 atom stereocenters. The minimum atomic E-state index is -1.07. The number of rotatable bonds is 13. The van der Waals surface area contributed by atoms with E-state index < -0.39 is 53.5 Å². The molecule has 260 valence electrons. The van der Waals surface area contributed by atoms with Crippen LogP contribution in [-0.4, -0.2) is 75.1 Å². The number of thioether (sulfide) groups is 1. The predicted octanol–water partition coefficient (Wildman–Crippen LogP) is 4.51. The van der Waals surface area contributed by atoms with Gasteiger partial charge in [0.15, 0.2) is 16.9 Å². The van der Waals surface area contributed by atoms with Gasteiger partial charge in [0.2, 0.25) is 13.0 Å². The molecule has 0 radical (unpaired) electrons. The fraction of sp³-hybridized carbons (Fsp3) is 0.265. The van der Waals surface area contributed by atoms with Gasteiger partial charge in [0.1, 0.15) is 28.4 Å². The number of carbonyl (C=O) groups is 5. The minimum absolute atomic E-state index is 0.0108. The van der Waals surface area contributed by atoms with Gasteiger partial charge >= 0.3 is 11.9 Å². The molecule has 50 heavy (non-hydrogen) atoms. The minimum Gasteiger partial charge on any atom is -0.457 e. The van der Waals surface area contributed by atoms with E-state index in [0.717, 1.165) is 22.5 Å². The topological polar surface area (TPSA) is 166 Å². The number of β-lactam (4-membered cyclic amide) rings is 1. The first kappa shape index (κ1) is 36.3. The van der Waals surface area contributed by atoms with Gasteiger partial charge in [0.25, 0.3) is 11.8 Å². The van der Waals surface area contributed by atoms with Gasteiger partial charge in [0.05, 0.1) is 0 Å². The zero-order valence-corrected chi connectivity index (χ0v) is 29.4. The van der Waals surface area contributed by atoms with Crippen LogP contribution < -0.4 is 10.6 Å². The zero-order valence-electron chi connectivity index (χ0n) is 27.0. The molecule has 0 aliphatic carbocycles. The second kappa shape index (κ2) is 16.1. The van der Waals surface area contributed by atoms with Gasteiger partial charge in [-0.25, -0.2) is 14.6 Å². The largest absolute Gasteiger partial charge is 0.457 e. The maximum absolute atomic E-state index is 14.0. The maximum Gasteiger partial charge on any atom is 0.356 e. The van der Waals surface area contributed by atoms with E-state index in [1.54, 1.807) is 20.8 Å². The summed E-state index contributed by atoms with van der Waals surface area (Å²) in [4.78, 5) is 75.0. The summed E-state index contributed by atoms with van der Waals surface area (Å²) in [5.74, 6) is -2.60. The van der Waals surface area contributed by atoms with Crippen LogP contribution in [0.1, 0.15) is 43.7 Å². The van der Waals surface area contributed by atoms with Crippen molar-refractivity contribution < 1.29 is 38.3 Å². The van der Waals surface area contributed by atoms with Gasteiger partial charge in [-0.1, -0.05) is 77.4 Å². The molecule has 2 N–H and O–H groups in total. The number of anilines is 1. The molecule has 2 aliphatic heterocycles. The molecule has 1 saturated heterocycles. The van der Waals surface area contributed by atoms with Crippen molar-refractivity contribution >= 4 is 75.7 Å². The number of fused-ring (bicyclic) bond motifs is 1. The van der Waals surface area contributed by atoms with Crippen LogP contribution in [0, 0.1) is 0 Å². The molecule has 5 rings (SSSR count). The van der Waals surface area contributed by atoms with E-state index >= 15 is 0 Å². The summed E-state index contributed by atoms with van der Waals surface area (Å²) >= 11 is 8.26. The van der Waals surface area contributed by atoms with Crippen molar-refractivity contribution in [1.82, 2.24) is 15.2 Å². The van der Waals surface area contributed by atoms with Crippen molar-refractivity contribution in [3.63, 3.8) is 0 Å². The third-order valence-corrected chi connectivity index (χ3v) is 9.28. The summed E-state index contributed by atoms with van der Waals surface area (Å²) in [5.41, 5.74) is 2.09. The Bertz CT molecular complexity index is 1800. The second-order valence-corrected chi connectivity index (χ2v) is 13.9. The Morgan fingerprint density at radius 3 is 2.36 bits per heavy atom. The van der Waals surface area contributed by atoms with Gasteiger partial charge in [-0.3, -0.25) is 19.3 Å². The molecule has 2 aliphatic rings. The molecule has 2 aromatic carbocycles. The molecule has 3 amide bonds. The third kappa shape index (κ3) is 8.59. The molecular formula is C34H32ClN5O8S2. The number of benzene rings is 2. The Morgan fingerprint density at radius 1 is 1.10 bits per heavy atom. The van der Waals surface area contributed by atoms with Crippen LogP contribution in [0.4, 0.5) is 5.13 Å². The number of halogens is 1. The lowest BCUT2D eigenvalue weighted by atomic mass is 10.0. The molecule has 0 bridgehead atoms. The highest BCUT2D eigenvalue weighted by atomic mass is 35.5. The molecule has 16 heteroatoms. The Balaban J connectivity index is 1.37. The molecule has 3 heterocycles. The lowest BCUT2D eigenvalue weighted by Crippen LogP contribution is -2.71. The number of nitrogens with one attached hydrogen (secondary N) is 2. The van der Waals surface area contributed by atoms with E-state index in [2.05, 4.69) is 20.8 Å². The zero-order chi connectivity index (χ0) is 35.8. The number of amides is 3. The highest BCUT2D eigenvalue weighted by Crippen LogP contribution is 2.42. The van der Waals surface area contributed by atoms with Crippen LogP contribution >= 0.6 is 34.7 Å². The van der Waals surface area contributed by atoms with Gasteiger partial charge in [-0.05, 0) is 43.5 Å². The van der Waals surface area contributed by atoms with E-state index in [1.165, 1.54) is 33.7 Å². The summed E-state index contributed by atoms with van der Waals surface area (Å²) in [7, 11) is 0. The molecule has 1 fully saturated rings. The number of carbonyl (C=O) groups excluding carboxylic acids is 5. The van der Waals surface area contributed by atoms with Crippen molar-refractivity contribution in [3.05, 3.63) is 106 Å². The van der Waals surface area contributed by atoms with Crippen LogP contribution in [0.25, 0.3) is 0 Å². The predicted molar refractivity (Wildman–Crippen MR) is 188 cm³/mol. The number of thiazole rings is 1. The lowest BCUT2D eigenvalue weighted by Gasteiger charge is -2.49. The summed E-state index contributed by atoms with van der Waals surface area (Å²) in [6, 6.07) is 17.4. The molecule has 3 aromatic rings. The number of nitrogens with zero attached hydrogens (tertiary/aromatic N) is 3. The van der Waals surface area contributed by atoms with E-state index in [4.69, 9.17) is 25.9 Å². The molecular weight excluding hydrogens is 706 g/mol. The highest BCUT2D eigenvalue weighted by Gasteiger charge is 2.54. The number of hydrogen-bond donors (Lipinski definition) is 2. The Labute approximate surface area is 300 Å². The van der Waals surface area contributed by atoms with E-state index in [9.17, 15) is 24.0 Å². The number of hydrogen-bond acceptors (Lipinski definition) is 12. The standard InChI is InChI=1S/C34H32ClN5O8S2/c1-34(2,3)48-24(42)16-46-39-25(23-18-50-33(37-23)36-19-41)29(43)38-26-30(44)40-27(22(14-15-35)17-49-31(26)40)32(45)47-28(20-10-6-4-7-11-20)21-12-8-5-9-13-21/h4-15,18-19,26,28,31H,16-17H2,1-3H3,(H,38,43)(H,36,37,41)/b15-14+,39-25?/t26?,31-/m1/s1. The normalized spacial score (nSPS) is 17.6. The fourth-order valence-electron chi connectivity index (χ4n) is 5.02. The second-order valence-electron chi connectivity index (χ2n) is 11.7. The summed E-state index contributed by atoms with van der Waals surface area (Å²) in [6.07, 6.45) is 1.18. The number of allylic oxidation sites excluding steroid dienone is 1. The third-order valence-electron chi connectivity index (χ3n) is 7.07. The molecule has 1 aromatic heterocycles. The van der Waals surface area contributed by atoms with Gasteiger partial charge < -0.3 is 24.9 Å². The molecule has 1 unspecified atom stereocenters. The summed E-state index contributed by atoms with van der Waals surface area (Å²) in [5, 5.41) is 9.83. The molecule has 0 saturated carbocycles. The Hall–Kier alpha value is -4.99. The number of esters is 2. The number of ether oxygens (including phenoxy) is 2. The van der Waals surface area contributed by atoms with Crippen molar-refractivity contribution in [2.45, 2.75) is 43.9 Å². The first-order chi connectivity index (χ1) is 24.0. The van der Waals surface area contributed by atoms with Crippen molar-refractivity contribution in [1.29, 1.82) is 0 Å². The SMILES string of the molecule is CC(C)(C)OC(=O)CON=C(C(=O)NC1C(=O)N2C(C(=O)OC(c3ccccc3)c3ccccc3)=C(/C=C/Cl)CS[C@H]12)c1csc(NC=O)n1. The van der Waals surface area contributed by atoms with E-state index in [-0.39, 0.29) is 28.0 Å². The highest BCUT2D eigenvalue weighted by molar-refractivity contribution is 8.00. The van der Waals surface area contributed by atoms with Gasteiger partial charge in [0, 0.05) is 16.7 Å². The van der Waals surface area contributed by atoms with Gasteiger partial charge in [-0.15, -0.1) is 23.1 Å². The quantitative estimate of drug-likeness (QED) is 0.0838. The summed E-state index contributed by atoms with van der Waals surface area (Å²) in [6.45, 7) is 4.46. The molecule has 0 spiro atoms. The maximum atomic E-state index is 14.0. The van der Waals surface area contributed by atoms with Crippen molar-refractivity contribution in [2.75, 3.05) is 17.7 Å². The van der Waals surface area contributed by atoms with E-state index in [0.29, 0.717) is 12.0 Å². The average Bonchev–Trinajstić information content (AvgIpc) is 3.56. The monoisotopic (exact) mass is 737 g/mol. The summed E-state index contributed by atoms with van der Waals surface area (Å²) < 4.78 is 11.3. The van der Waals surface area contributed by atoms with Crippen molar-refractivity contribution in [2.24, 2.45) is 5.16 Å². The van der Waals surface area contributed by atoms with Crippen molar-refractivity contribution in [3.8, 4) is 0 Å². The van der Waals surface area contributed by atoms with E-state index in [1.807, 2.05) is 60.7 Å². The lowest BCUT2D eigenvalue weighted by molar-refractivity contribution is -0.160. The van der Waals surface area contributed by atoms with Crippen LogP contribution in [0.5, 0.6) is 0 Å². The van der Waals surface area contributed by atoms with Crippen LogP contribution in [0.3, 0.4) is 0 Å². The fourth-order valence-corrected chi connectivity index (χ4v) is 7.14. The van der Waals surface area contributed by atoms with Gasteiger partial charge in [-0.2, -0.15) is 0 Å². The number of oxime groups is 1. The van der Waals surface area contributed by atoms with Crippen LogP contribution in [0.15, 0.2) is 94.1 Å². The van der Waals surface area contributed by atoms with Crippen LogP contribution in [-0.2, 0) is 38.3 Å². The Kier molecular flexibility index (Phi) is 11.7. The Morgan fingerprint density at radius 2 is 1.76 bits per heavy atom. The first-order valence-corrected chi connectivity index (χ1v) is 17.5. The molecule has 13 nitrogen and oxygen atoms in total.